The lowest BCUT2D eigenvalue weighted by atomic mass is 10.2. The molecule has 2 aliphatic heterocycles. The molecule has 0 saturated carbocycles. The molecule has 26 heavy (non-hydrogen) atoms. The average molecular weight is 384 g/mol. The zero-order valence-corrected chi connectivity index (χ0v) is 15.6. The fraction of sp³-hybridized carbons (Fsp3) is 0.588. The highest BCUT2D eigenvalue weighted by Crippen LogP contribution is 2.28. The lowest BCUT2D eigenvalue weighted by Gasteiger charge is -2.36. The maximum absolute atomic E-state index is 12.2. The Balaban J connectivity index is 0.00000243. The lowest BCUT2D eigenvalue weighted by Crippen LogP contribution is -2.49. The first-order chi connectivity index (χ1) is 12.1. The number of hydrogen-bond donors (Lipinski definition) is 1. The van der Waals surface area contributed by atoms with E-state index in [1.165, 1.54) is 0 Å². The number of nitrogens with one attached hydrogen (secondary N) is 1. The monoisotopic (exact) mass is 383 g/mol. The Morgan fingerprint density at radius 2 is 1.73 bits per heavy atom. The molecule has 2 saturated heterocycles. The van der Waals surface area contributed by atoms with Crippen LogP contribution in [0, 0.1) is 10.1 Å². The van der Waals surface area contributed by atoms with Gasteiger partial charge >= 0.3 is 0 Å². The van der Waals surface area contributed by atoms with Crippen LogP contribution in [0.25, 0.3) is 0 Å². The third-order valence-corrected chi connectivity index (χ3v) is 4.90. The molecule has 2 aliphatic rings. The molecular weight excluding hydrogens is 358 g/mol. The number of halogens is 1. The number of nitrogens with zero attached hydrogens (tertiary/aromatic N) is 4. The summed E-state index contributed by atoms with van der Waals surface area (Å²) in [7, 11) is 0. The highest BCUT2D eigenvalue weighted by molar-refractivity contribution is 5.85. The third kappa shape index (κ3) is 5.06. The summed E-state index contributed by atoms with van der Waals surface area (Å²) in [5.41, 5.74) is 0.842. The van der Waals surface area contributed by atoms with E-state index in [-0.39, 0.29) is 28.9 Å². The first-order valence-electron chi connectivity index (χ1n) is 8.84. The van der Waals surface area contributed by atoms with E-state index in [0.29, 0.717) is 12.1 Å². The summed E-state index contributed by atoms with van der Waals surface area (Å²) in [6.07, 6.45) is 0.547. The molecule has 1 aromatic carbocycles. The van der Waals surface area contributed by atoms with Gasteiger partial charge in [0.25, 0.3) is 5.69 Å². The van der Waals surface area contributed by atoms with E-state index in [9.17, 15) is 14.9 Å². The minimum Gasteiger partial charge on any atom is -0.363 e. The van der Waals surface area contributed by atoms with Crippen LogP contribution in [-0.4, -0.2) is 79.5 Å². The second-order valence-electron chi connectivity index (χ2n) is 6.46. The Hall–Kier alpha value is -1.90. The van der Waals surface area contributed by atoms with E-state index in [4.69, 9.17) is 0 Å². The summed E-state index contributed by atoms with van der Waals surface area (Å²) in [6, 6.07) is 6.88. The van der Waals surface area contributed by atoms with Gasteiger partial charge in [-0.15, -0.1) is 12.4 Å². The number of para-hydroxylation sites is 2. The Kier molecular flexibility index (Phi) is 7.62. The van der Waals surface area contributed by atoms with Crippen molar-refractivity contribution in [1.82, 2.24) is 15.1 Å². The fourth-order valence-electron chi connectivity index (χ4n) is 3.42. The van der Waals surface area contributed by atoms with Crippen molar-refractivity contribution in [1.29, 1.82) is 0 Å². The summed E-state index contributed by atoms with van der Waals surface area (Å²) in [4.78, 5) is 29.3. The van der Waals surface area contributed by atoms with Gasteiger partial charge in [-0.3, -0.25) is 19.8 Å². The predicted octanol–water partition coefficient (Wildman–Crippen LogP) is 0.960. The molecule has 0 bridgehead atoms. The summed E-state index contributed by atoms with van der Waals surface area (Å²) in [6.45, 7) is 7.23. The number of rotatable bonds is 5. The number of carbonyl (C=O) groups excluding carboxylic acids is 1. The van der Waals surface area contributed by atoms with Crippen LogP contribution in [-0.2, 0) is 4.79 Å². The maximum atomic E-state index is 12.2. The zero-order chi connectivity index (χ0) is 17.6. The van der Waals surface area contributed by atoms with Crippen molar-refractivity contribution in [3.8, 4) is 0 Å². The molecule has 0 atom stereocenters. The zero-order valence-electron chi connectivity index (χ0n) is 14.8. The van der Waals surface area contributed by atoms with Crippen LogP contribution >= 0.6 is 12.4 Å². The van der Waals surface area contributed by atoms with Crippen LogP contribution in [0.4, 0.5) is 11.4 Å². The lowest BCUT2D eigenvalue weighted by molar-refractivity contribution is -0.384. The molecule has 2 fully saturated rings. The van der Waals surface area contributed by atoms with E-state index in [2.05, 4.69) is 15.1 Å². The molecule has 8 nitrogen and oxygen atoms in total. The van der Waals surface area contributed by atoms with Gasteiger partial charge in [0.05, 0.1) is 4.92 Å². The summed E-state index contributed by atoms with van der Waals surface area (Å²) < 4.78 is 0. The van der Waals surface area contributed by atoms with Gasteiger partial charge in [-0.05, 0) is 6.07 Å². The normalized spacial score (nSPS) is 18.3. The van der Waals surface area contributed by atoms with Crippen molar-refractivity contribution in [3.05, 3.63) is 34.4 Å². The molecule has 9 heteroatoms. The summed E-state index contributed by atoms with van der Waals surface area (Å²) in [5.74, 6) is 0.225. The van der Waals surface area contributed by atoms with Gasteiger partial charge in [0, 0.05) is 71.4 Å². The Labute approximate surface area is 159 Å². The summed E-state index contributed by atoms with van der Waals surface area (Å²) in [5, 5.41) is 14.4. The number of piperazine rings is 2. The standard InChI is InChI=1S/C17H25N5O3.ClH/c23-17(21-9-6-18-7-10-21)5-8-19-11-13-20(14-12-19)15-3-1-2-4-16(15)22(24)25;/h1-4,18H,5-14H2;1H. The topological polar surface area (TPSA) is 82.0 Å². The first kappa shape index (κ1) is 20.4. The molecule has 0 spiro atoms. The minimum absolute atomic E-state index is 0. The second kappa shape index (κ2) is 9.70. The van der Waals surface area contributed by atoms with E-state index in [1.807, 2.05) is 17.0 Å². The van der Waals surface area contributed by atoms with Crippen molar-refractivity contribution in [2.45, 2.75) is 6.42 Å². The molecule has 1 amide bonds. The quantitative estimate of drug-likeness (QED) is 0.602. The molecule has 3 rings (SSSR count). The van der Waals surface area contributed by atoms with Crippen LogP contribution in [0.5, 0.6) is 0 Å². The van der Waals surface area contributed by atoms with Crippen molar-refractivity contribution in [3.63, 3.8) is 0 Å². The smallest absolute Gasteiger partial charge is 0.292 e. The van der Waals surface area contributed by atoms with Gasteiger partial charge in [0.2, 0.25) is 5.91 Å². The van der Waals surface area contributed by atoms with E-state index in [0.717, 1.165) is 58.9 Å². The molecule has 0 aliphatic carbocycles. The Bertz CT molecular complexity index is 616. The van der Waals surface area contributed by atoms with E-state index >= 15 is 0 Å². The highest BCUT2D eigenvalue weighted by Gasteiger charge is 2.24. The van der Waals surface area contributed by atoms with Crippen LogP contribution < -0.4 is 10.2 Å². The minimum atomic E-state index is -0.326. The Morgan fingerprint density at radius 3 is 2.38 bits per heavy atom. The van der Waals surface area contributed by atoms with Crippen molar-refractivity contribution < 1.29 is 9.72 Å². The number of carbonyl (C=O) groups is 1. The Morgan fingerprint density at radius 1 is 1.08 bits per heavy atom. The number of nitro benzene ring substituents is 1. The fourth-order valence-corrected chi connectivity index (χ4v) is 3.42. The molecule has 144 valence electrons. The van der Waals surface area contributed by atoms with Crippen LogP contribution in [0.3, 0.4) is 0 Å². The molecule has 1 N–H and O–H groups in total. The number of anilines is 1. The molecule has 1 aromatic rings. The average Bonchev–Trinajstić information content (AvgIpc) is 2.67. The van der Waals surface area contributed by atoms with Gasteiger partial charge in [-0.25, -0.2) is 0 Å². The van der Waals surface area contributed by atoms with Gasteiger partial charge in [-0.2, -0.15) is 0 Å². The predicted molar refractivity (Wildman–Crippen MR) is 103 cm³/mol. The highest BCUT2D eigenvalue weighted by atomic mass is 35.5. The number of hydrogen-bond acceptors (Lipinski definition) is 6. The first-order valence-corrected chi connectivity index (χ1v) is 8.84. The number of amides is 1. The SMILES string of the molecule is Cl.O=C(CCN1CCN(c2ccccc2[N+](=O)[O-])CC1)N1CCNCC1. The molecule has 0 aromatic heterocycles. The van der Waals surface area contributed by atoms with Gasteiger partial charge in [0.15, 0.2) is 0 Å². The van der Waals surface area contributed by atoms with E-state index in [1.54, 1.807) is 12.1 Å². The molecule has 0 radical (unpaired) electrons. The molecule has 2 heterocycles. The van der Waals surface area contributed by atoms with Crippen molar-refractivity contribution >= 4 is 29.7 Å². The summed E-state index contributed by atoms with van der Waals surface area (Å²) >= 11 is 0. The van der Waals surface area contributed by atoms with Gasteiger partial charge < -0.3 is 15.1 Å². The van der Waals surface area contributed by atoms with E-state index < -0.39 is 0 Å². The van der Waals surface area contributed by atoms with Crippen LogP contribution in [0.2, 0.25) is 0 Å². The van der Waals surface area contributed by atoms with Crippen LogP contribution in [0.15, 0.2) is 24.3 Å². The number of nitro groups is 1. The van der Waals surface area contributed by atoms with Crippen molar-refractivity contribution in [2.75, 3.05) is 63.8 Å². The van der Waals surface area contributed by atoms with Gasteiger partial charge in [0.1, 0.15) is 5.69 Å². The van der Waals surface area contributed by atoms with Crippen molar-refractivity contribution in [2.24, 2.45) is 0 Å². The van der Waals surface area contributed by atoms with Gasteiger partial charge in [-0.1, -0.05) is 12.1 Å². The largest absolute Gasteiger partial charge is 0.363 e. The van der Waals surface area contributed by atoms with Crippen LogP contribution in [0.1, 0.15) is 6.42 Å². The maximum Gasteiger partial charge on any atom is 0.292 e. The molecular formula is C17H26ClN5O3. The second-order valence-corrected chi connectivity index (χ2v) is 6.46. The molecule has 0 unspecified atom stereocenters. The number of benzene rings is 1. The third-order valence-electron chi connectivity index (χ3n) is 4.90.